The summed E-state index contributed by atoms with van der Waals surface area (Å²) in [4.78, 5) is 17.5. The second-order valence-electron chi connectivity index (χ2n) is 5.12. The van der Waals surface area contributed by atoms with Crippen molar-refractivity contribution in [3.05, 3.63) is 60.0 Å². The van der Waals surface area contributed by atoms with Crippen LogP contribution in [0.3, 0.4) is 0 Å². The van der Waals surface area contributed by atoms with Gasteiger partial charge in [0.15, 0.2) is 0 Å². The number of nitrogens with one attached hydrogen (secondary N) is 1. The number of rotatable bonds is 6. The van der Waals surface area contributed by atoms with Crippen molar-refractivity contribution in [1.82, 2.24) is 15.5 Å². The van der Waals surface area contributed by atoms with E-state index >= 15 is 0 Å². The predicted molar refractivity (Wildman–Crippen MR) is 95.7 cm³/mol. The highest BCUT2D eigenvalue weighted by molar-refractivity contribution is 7.98. The quantitative estimate of drug-likeness (QED) is 0.683. The van der Waals surface area contributed by atoms with Crippen molar-refractivity contribution in [2.24, 2.45) is 0 Å². The molecule has 0 aliphatic heterocycles. The van der Waals surface area contributed by atoms with Gasteiger partial charge in [-0.25, -0.2) is 0 Å². The molecule has 1 aromatic heterocycles. The second-order valence-corrected chi connectivity index (χ2v) is 5.97. The zero-order valence-corrected chi connectivity index (χ0v) is 14.7. The molecule has 0 unspecified atom stereocenters. The SMILES string of the molecule is COc1ccc(-c2noc(CNC(=O)c3ccccc3SC)n2)cc1. The standard InChI is InChI=1S/C18H17N3O3S/c1-23-13-9-7-12(8-10-13)17-20-16(24-21-17)11-19-18(22)14-5-3-4-6-15(14)25-2/h3-10H,11H2,1-2H3,(H,19,22). The Labute approximate surface area is 149 Å². The van der Waals surface area contributed by atoms with Gasteiger partial charge in [0.25, 0.3) is 5.91 Å². The number of hydrogen-bond donors (Lipinski definition) is 1. The first kappa shape index (κ1) is 17.0. The van der Waals surface area contributed by atoms with Crippen LogP contribution in [0.4, 0.5) is 0 Å². The monoisotopic (exact) mass is 355 g/mol. The molecule has 0 aliphatic carbocycles. The molecule has 3 aromatic rings. The first-order chi connectivity index (χ1) is 12.2. The third kappa shape index (κ3) is 4.00. The van der Waals surface area contributed by atoms with Crippen LogP contribution in [0.5, 0.6) is 5.75 Å². The number of methoxy groups -OCH3 is 1. The van der Waals surface area contributed by atoms with Gasteiger partial charge in [0.1, 0.15) is 5.75 Å². The molecule has 0 atom stereocenters. The summed E-state index contributed by atoms with van der Waals surface area (Å²) in [6.45, 7) is 0.171. The number of carbonyl (C=O) groups is 1. The van der Waals surface area contributed by atoms with Crippen LogP contribution in [0.1, 0.15) is 16.2 Å². The third-order valence-electron chi connectivity index (χ3n) is 3.57. The van der Waals surface area contributed by atoms with E-state index in [2.05, 4.69) is 15.5 Å². The molecule has 0 spiro atoms. The van der Waals surface area contributed by atoms with Crippen molar-refractivity contribution in [2.45, 2.75) is 11.4 Å². The van der Waals surface area contributed by atoms with Crippen molar-refractivity contribution < 1.29 is 14.1 Å². The van der Waals surface area contributed by atoms with Gasteiger partial charge in [-0.3, -0.25) is 4.79 Å². The number of amides is 1. The minimum Gasteiger partial charge on any atom is -0.497 e. The Balaban J connectivity index is 1.66. The van der Waals surface area contributed by atoms with E-state index in [9.17, 15) is 4.79 Å². The van der Waals surface area contributed by atoms with Crippen LogP contribution < -0.4 is 10.1 Å². The Kier molecular flexibility index (Phi) is 5.35. The largest absolute Gasteiger partial charge is 0.497 e. The van der Waals surface area contributed by atoms with E-state index in [1.165, 1.54) is 11.8 Å². The lowest BCUT2D eigenvalue weighted by Crippen LogP contribution is -2.23. The molecule has 3 rings (SSSR count). The Morgan fingerprint density at radius 1 is 1.20 bits per heavy atom. The molecule has 0 bridgehead atoms. The molecule has 0 saturated carbocycles. The van der Waals surface area contributed by atoms with E-state index < -0.39 is 0 Å². The summed E-state index contributed by atoms with van der Waals surface area (Å²) >= 11 is 1.53. The van der Waals surface area contributed by atoms with Crippen molar-refractivity contribution in [3.8, 4) is 17.1 Å². The lowest BCUT2D eigenvalue weighted by Gasteiger charge is -2.06. The van der Waals surface area contributed by atoms with Gasteiger partial charge in [-0.1, -0.05) is 17.3 Å². The number of ether oxygens (including phenoxy) is 1. The Hall–Kier alpha value is -2.80. The third-order valence-corrected chi connectivity index (χ3v) is 4.36. The average molecular weight is 355 g/mol. The average Bonchev–Trinajstić information content (AvgIpc) is 3.15. The first-order valence-corrected chi connectivity index (χ1v) is 8.82. The summed E-state index contributed by atoms with van der Waals surface area (Å²) in [5, 5.41) is 6.75. The number of thioether (sulfide) groups is 1. The molecule has 1 heterocycles. The normalized spacial score (nSPS) is 10.5. The fraction of sp³-hybridized carbons (Fsp3) is 0.167. The molecule has 25 heavy (non-hydrogen) atoms. The summed E-state index contributed by atoms with van der Waals surface area (Å²) in [6.07, 6.45) is 1.94. The summed E-state index contributed by atoms with van der Waals surface area (Å²) < 4.78 is 10.3. The summed E-state index contributed by atoms with van der Waals surface area (Å²) in [6, 6.07) is 14.8. The van der Waals surface area contributed by atoms with Gasteiger partial charge in [0.05, 0.1) is 19.2 Å². The molecular weight excluding hydrogens is 338 g/mol. The predicted octanol–water partition coefficient (Wildman–Crippen LogP) is 3.40. The van der Waals surface area contributed by atoms with E-state index in [1.807, 2.05) is 48.7 Å². The highest BCUT2D eigenvalue weighted by atomic mass is 32.2. The number of benzene rings is 2. The zero-order valence-electron chi connectivity index (χ0n) is 13.9. The molecule has 6 nitrogen and oxygen atoms in total. The summed E-state index contributed by atoms with van der Waals surface area (Å²) in [5.74, 6) is 1.40. The summed E-state index contributed by atoms with van der Waals surface area (Å²) in [5.41, 5.74) is 1.44. The van der Waals surface area contributed by atoms with Gasteiger partial charge in [-0.2, -0.15) is 4.98 Å². The maximum Gasteiger partial charge on any atom is 0.252 e. The molecule has 0 saturated heterocycles. The second kappa shape index (κ2) is 7.85. The molecule has 0 radical (unpaired) electrons. The van der Waals surface area contributed by atoms with Gasteiger partial charge in [0, 0.05) is 10.5 Å². The number of nitrogens with zero attached hydrogens (tertiary/aromatic N) is 2. The highest BCUT2D eigenvalue weighted by Crippen LogP contribution is 2.21. The fourth-order valence-electron chi connectivity index (χ4n) is 2.27. The van der Waals surface area contributed by atoms with E-state index in [1.54, 1.807) is 13.2 Å². The van der Waals surface area contributed by atoms with Crippen LogP contribution in [0.2, 0.25) is 0 Å². The Bertz CT molecular complexity index is 862. The van der Waals surface area contributed by atoms with E-state index in [0.29, 0.717) is 17.3 Å². The van der Waals surface area contributed by atoms with Crippen LogP contribution in [-0.4, -0.2) is 29.4 Å². The van der Waals surface area contributed by atoms with Gasteiger partial charge < -0.3 is 14.6 Å². The van der Waals surface area contributed by atoms with Crippen LogP contribution in [0.25, 0.3) is 11.4 Å². The topological polar surface area (TPSA) is 77.3 Å². The van der Waals surface area contributed by atoms with Crippen LogP contribution in [0, 0.1) is 0 Å². The van der Waals surface area contributed by atoms with Gasteiger partial charge in [-0.05, 0) is 42.7 Å². The lowest BCUT2D eigenvalue weighted by molar-refractivity contribution is 0.0943. The minimum absolute atomic E-state index is 0.171. The van der Waals surface area contributed by atoms with Crippen molar-refractivity contribution in [3.63, 3.8) is 0 Å². The zero-order chi connectivity index (χ0) is 17.6. The molecule has 7 heteroatoms. The van der Waals surface area contributed by atoms with E-state index in [4.69, 9.17) is 9.26 Å². The molecule has 2 aromatic carbocycles. The smallest absolute Gasteiger partial charge is 0.252 e. The maximum absolute atomic E-state index is 12.3. The molecule has 0 aliphatic rings. The Morgan fingerprint density at radius 3 is 2.68 bits per heavy atom. The first-order valence-electron chi connectivity index (χ1n) is 7.59. The van der Waals surface area contributed by atoms with E-state index in [-0.39, 0.29) is 12.5 Å². The van der Waals surface area contributed by atoms with Gasteiger partial charge in [-0.15, -0.1) is 11.8 Å². The van der Waals surface area contributed by atoms with Crippen molar-refractivity contribution in [2.75, 3.05) is 13.4 Å². The number of hydrogen-bond acceptors (Lipinski definition) is 6. The highest BCUT2D eigenvalue weighted by Gasteiger charge is 2.13. The minimum atomic E-state index is -0.172. The van der Waals surface area contributed by atoms with E-state index in [0.717, 1.165) is 16.2 Å². The Morgan fingerprint density at radius 2 is 1.96 bits per heavy atom. The summed E-state index contributed by atoms with van der Waals surface area (Å²) in [7, 11) is 1.61. The maximum atomic E-state index is 12.3. The van der Waals surface area contributed by atoms with Crippen molar-refractivity contribution in [1.29, 1.82) is 0 Å². The van der Waals surface area contributed by atoms with Gasteiger partial charge in [0.2, 0.25) is 11.7 Å². The molecule has 0 fully saturated rings. The fourth-order valence-corrected chi connectivity index (χ4v) is 2.86. The van der Waals surface area contributed by atoms with Crippen LogP contribution in [0.15, 0.2) is 57.9 Å². The van der Waals surface area contributed by atoms with Gasteiger partial charge >= 0.3 is 0 Å². The number of aromatic nitrogens is 2. The molecule has 128 valence electrons. The van der Waals surface area contributed by atoms with Crippen molar-refractivity contribution >= 4 is 17.7 Å². The molecule has 1 N–H and O–H groups in total. The molecular formula is C18H17N3O3S. The number of carbonyl (C=O) groups excluding carboxylic acids is 1. The van der Waals surface area contributed by atoms with Crippen LogP contribution in [-0.2, 0) is 6.54 Å². The van der Waals surface area contributed by atoms with Crippen LogP contribution >= 0.6 is 11.8 Å². The lowest BCUT2D eigenvalue weighted by atomic mass is 10.2. The molecule has 1 amide bonds.